The van der Waals surface area contributed by atoms with Crippen LogP contribution < -0.4 is 0 Å². The first-order valence-corrected chi connectivity index (χ1v) is 8.12. The summed E-state index contributed by atoms with van der Waals surface area (Å²) < 4.78 is 6.86. The van der Waals surface area contributed by atoms with Crippen LogP contribution in [0.5, 0.6) is 0 Å². The van der Waals surface area contributed by atoms with Gasteiger partial charge >= 0.3 is 5.97 Å². The number of hydrogen-bond acceptors (Lipinski definition) is 5. The first-order valence-electron chi connectivity index (χ1n) is 7.75. The molecule has 3 aromatic rings. The van der Waals surface area contributed by atoms with Crippen LogP contribution >= 0.6 is 11.6 Å². The molecule has 0 bridgehead atoms. The van der Waals surface area contributed by atoms with E-state index in [4.69, 9.17) is 16.3 Å². The number of pyridine rings is 1. The fraction of sp³-hybridized carbons (Fsp3) is 0.222. The summed E-state index contributed by atoms with van der Waals surface area (Å²) in [5.41, 5.74) is 1.41. The molecule has 0 spiro atoms. The molecule has 0 amide bonds. The molecule has 0 radical (unpaired) electrons. The monoisotopic (exact) mass is 357 g/mol. The minimum atomic E-state index is -0.603. The van der Waals surface area contributed by atoms with Crippen molar-refractivity contribution in [3.63, 3.8) is 0 Å². The average molecular weight is 358 g/mol. The van der Waals surface area contributed by atoms with Crippen molar-refractivity contribution in [2.75, 3.05) is 6.61 Å². The summed E-state index contributed by atoms with van der Waals surface area (Å²) in [4.78, 5) is 28.5. The molecule has 0 atom stereocenters. The van der Waals surface area contributed by atoms with Crippen molar-refractivity contribution >= 4 is 34.4 Å². The second-order valence-electron chi connectivity index (χ2n) is 5.83. The van der Waals surface area contributed by atoms with Crippen LogP contribution in [-0.2, 0) is 4.74 Å². The number of hydrogen-bond donors (Lipinski definition) is 0. The van der Waals surface area contributed by atoms with Gasteiger partial charge in [-0.3, -0.25) is 4.79 Å². The van der Waals surface area contributed by atoms with E-state index >= 15 is 0 Å². The van der Waals surface area contributed by atoms with Crippen molar-refractivity contribution in [2.45, 2.75) is 19.9 Å². The maximum Gasteiger partial charge on any atom is 0.340 e. The molecule has 0 aliphatic carbocycles. The second kappa shape index (κ2) is 7.03. The number of carbonyl (C=O) groups is 2. The minimum Gasteiger partial charge on any atom is -0.454 e. The van der Waals surface area contributed by atoms with Gasteiger partial charge in [0.05, 0.1) is 11.8 Å². The molecule has 0 fully saturated rings. The number of nitrogens with zero attached hydrogens (tertiary/aromatic N) is 3. The van der Waals surface area contributed by atoms with Gasteiger partial charge in [-0.05, 0) is 44.2 Å². The highest BCUT2D eigenvalue weighted by Crippen LogP contribution is 2.17. The molecule has 7 heteroatoms. The standard InChI is InChI=1S/C18H16ClN3O3/c1-11(2)22-17-13(9-21-22)7-14(8-20-17)18(24)25-10-16(23)12-3-5-15(19)6-4-12/h3-9,11H,10H2,1-2H3. The van der Waals surface area contributed by atoms with Crippen LogP contribution in [0.1, 0.15) is 40.6 Å². The Bertz CT molecular complexity index is 932. The Morgan fingerprint density at radius 2 is 1.88 bits per heavy atom. The number of aromatic nitrogens is 3. The fourth-order valence-corrected chi connectivity index (χ4v) is 2.49. The van der Waals surface area contributed by atoms with Crippen LogP contribution in [-0.4, -0.2) is 33.1 Å². The van der Waals surface area contributed by atoms with Crippen LogP contribution in [0.15, 0.2) is 42.7 Å². The van der Waals surface area contributed by atoms with E-state index in [0.717, 1.165) is 5.39 Å². The molecule has 0 N–H and O–H groups in total. The zero-order valence-corrected chi connectivity index (χ0v) is 14.5. The number of benzene rings is 1. The Kier molecular flexibility index (Phi) is 4.81. The van der Waals surface area contributed by atoms with E-state index in [2.05, 4.69) is 10.1 Å². The van der Waals surface area contributed by atoms with Gasteiger partial charge in [-0.2, -0.15) is 5.10 Å². The summed E-state index contributed by atoms with van der Waals surface area (Å²) in [6, 6.07) is 8.23. The molecular formula is C18H16ClN3O3. The molecule has 128 valence electrons. The van der Waals surface area contributed by atoms with Gasteiger partial charge in [-0.25, -0.2) is 14.5 Å². The smallest absolute Gasteiger partial charge is 0.340 e. The number of ketones is 1. The molecule has 0 aliphatic heterocycles. The van der Waals surface area contributed by atoms with Crippen LogP contribution in [0, 0.1) is 0 Å². The van der Waals surface area contributed by atoms with E-state index in [1.165, 1.54) is 6.20 Å². The molecule has 3 rings (SSSR count). The predicted molar refractivity (Wildman–Crippen MR) is 94.0 cm³/mol. The third kappa shape index (κ3) is 3.69. The lowest BCUT2D eigenvalue weighted by molar-refractivity contribution is 0.0474. The quantitative estimate of drug-likeness (QED) is 0.514. The summed E-state index contributed by atoms with van der Waals surface area (Å²) >= 11 is 5.78. The van der Waals surface area contributed by atoms with Crippen molar-refractivity contribution in [1.82, 2.24) is 14.8 Å². The van der Waals surface area contributed by atoms with E-state index in [1.54, 1.807) is 41.2 Å². The Hall–Kier alpha value is -2.73. The van der Waals surface area contributed by atoms with Crippen LogP contribution in [0.25, 0.3) is 11.0 Å². The Balaban J connectivity index is 1.69. The molecule has 0 aliphatic rings. The molecule has 1 aromatic carbocycles. The SMILES string of the molecule is CC(C)n1ncc2cc(C(=O)OCC(=O)c3ccc(Cl)cc3)cnc21. The number of Topliss-reactive ketones (excluding diaryl/α,β-unsaturated/α-hetero) is 1. The molecule has 0 saturated carbocycles. The topological polar surface area (TPSA) is 74.1 Å². The first-order chi connectivity index (χ1) is 12.0. The van der Waals surface area contributed by atoms with Gasteiger partial charge in [0.2, 0.25) is 0 Å². The van der Waals surface area contributed by atoms with Gasteiger partial charge in [0, 0.05) is 28.2 Å². The van der Waals surface area contributed by atoms with E-state index in [9.17, 15) is 9.59 Å². The molecule has 6 nitrogen and oxygen atoms in total. The van der Waals surface area contributed by atoms with E-state index in [-0.39, 0.29) is 24.0 Å². The van der Waals surface area contributed by atoms with Crippen molar-refractivity contribution < 1.29 is 14.3 Å². The average Bonchev–Trinajstić information content (AvgIpc) is 3.03. The highest BCUT2D eigenvalue weighted by molar-refractivity contribution is 6.30. The molecule has 0 saturated heterocycles. The summed E-state index contributed by atoms with van der Waals surface area (Å²) in [5.74, 6) is -0.902. The predicted octanol–water partition coefficient (Wildman–Crippen LogP) is 3.71. The lowest BCUT2D eigenvalue weighted by Gasteiger charge is -2.07. The summed E-state index contributed by atoms with van der Waals surface area (Å²) in [7, 11) is 0. The lowest BCUT2D eigenvalue weighted by atomic mass is 10.1. The number of carbonyl (C=O) groups excluding carboxylic acids is 2. The van der Waals surface area contributed by atoms with Gasteiger partial charge in [0.15, 0.2) is 18.0 Å². The molecule has 2 heterocycles. The number of esters is 1. The maximum atomic E-state index is 12.2. The minimum absolute atomic E-state index is 0.166. The van der Waals surface area contributed by atoms with Gasteiger partial charge in [-0.15, -0.1) is 0 Å². The fourth-order valence-electron chi connectivity index (χ4n) is 2.36. The Labute approximate surface area is 149 Å². The third-order valence-electron chi connectivity index (χ3n) is 3.66. The molecule has 0 unspecified atom stereocenters. The first kappa shape index (κ1) is 17.1. The summed E-state index contributed by atoms with van der Waals surface area (Å²) in [6.45, 7) is 3.65. The van der Waals surface area contributed by atoms with Crippen molar-refractivity contribution in [3.8, 4) is 0 Å². The van der Waals surface area contributed by atoms with Crippen molar-refractivity contribution in [1.29, 1.82) is 0 Å². The van der Waals surface area contributed by atoms with Crippen molar-refractivity contribution in [3.05, 3.63) is 58.9 Å². The number of ether oxygens (including phenoxy) is 1. The highest BCUT2D eigenvalue weighted by atomic mass is 35.5. The number of fused-ring (bicyclic) bond motifs is 1. The zero-order chi connectivity index (χ0) is 18.0. The number of rotatable bonds is 5. The van der Waals surface area contributed by atoms with Crippen molar-refractivity contribution in [2.24, 2.45) is 0 Å². The van der Waals surface area contributed by atoms with E-state index in [0.29, 0.717) is 16.2 Å². The van der Waals surface area contributed by atoms with E-state index in [1.807, 2.05) is 13.8 Å². The van der Waals surface area contributed by atoms with Gasteiger partial charge in [-0.1, -0.05) is 11.6 Å². The van der Waals surface area contributed by atoms with Gasteiger partial charge in [0.1, 0.15) is 0 Å². The third-order valence-corrected chi connectivity index (χ3v) is 3.91. The van der Waals surface area contributed by atoms with Gasteiger partial charge in [0.25, 0.3) is 0 Å². The largest absolute Gasteiger partial charge is 0.454 e. The zero-order valence-electron chi connectivity index (χ0n) is 13.8. The Morgan fingerprint density at radius 3 is 2.56 bits per heavy atom. The van der Waals surface area contributed by atoms with Crippen LogP contribution in [0.2, 0.25) is 5.02 Å². The maximum absolute atomic E-state index is 12.2. The lowest BCUT2D eigenvalue weighted by Crippen LogP contribution is -2.14. The van der Waals surface area contributed by atoms with Crippen LogP contribution in [0.4, 0.5) is 0 Å². The highest BCUT2D eigenvalue weighted by Gasteiger charge is 2.15. The molecular weight excluding hydrogens is 342 g/mol. The van der Waals surface area contributed by atoms with Gasteiger partial charge < -0.3 is 4.74 Å². The number of halogens is 1. The Morgan fingerprint density at radius 1 is 1.16 bits per heavy atom. The summed E-state index contributed by atoms with van der Waals surface area (Å²) in [6.07, 6.45) is 3.08. The summed E-state index contributed by atoms with van der Waals surface area (Å²) in [5, 5.41) is 5.53. The molecule has 25 heavy (non-hydrogen) atoms. The molecule has 2 aromatic heterocycles. The second-order valence-corrected chi connectivity index (χ2v) is 6.26. The normalized spacial score (nSPS) is 11.0. The van der Waals surface area contributed by atoms with Crippen LogP contribution in [0.3, 0.4) is 0 Å². The van der Waals surface area contributed by atoms with E-state index < -0.39 is 5.97 Å².